The van der Waals surface area contributed by atoms with E-state index in [1.165, 1.54) is 92.0 Å². The van der Waals surface area contributed by atoms with Gasteiger partial charge in [-0.25, -0.2) is 33.6 Å². The van der Waals surface area contributed by atoms with Crippen LogP contribution in [0, 0.1) is 0 Å². The number of carbonyl (C=O) groups is 8. The Labute approximate surface area is 525 Å². The molecule has 472 valence electrons. The van der Waals surface area contributed by atoms with E-state index in [2.05, 4.69) is 0 Å². The Morgan fingerprint density at radius 3 is 0.978 bits per heavy atom. The van der Waals surface area contributed by atoms with E-state index >= 15 is 0 Å². The van der Waals surface area contributed by atoms with Gasteiger partial charge in [-0.1, -0.05) is 153 Å². The van der Waals surface area contributed by atoms with Gasteiger partial charge in [-0.05, 0) is 97.8 Å². The Morgan fingerprint density at radius 2 is 0.604 bits per heavy atom. The highest BCUT2D eigenvalue weighted by atomic mass is 16.8. The molecule has 9 rings (SSSR count). The van der Waals surface area contributed by atoms with Crippen molar-refractivity contribution in [3.8, 4) is 0 Å². The maximum absolute atomic E-state index is 14.8. The van der Waals surface area contributed by atoms with Gasteiger partial charge in [-0.15, -0.1) is 0 Å². The summed E-state index contributed by atoms with van der Waals surface area (Å²) in [7, 11) is 1.35. The lowest BCUT2D eigenvalue weighted by Gasteiger charge is -2.48. The molecule has 2 aliphatic heterocycles. The van der Waals surface area contributed by atoms with E-state index in [9.17, 15) is 38.4 Å². The minimum Gasteiger partial charge on any atom is -0.469 e. The molecule has 7 aromatic carbocycles. The van der Waals surface area contributed by atoms with Crippen LogP contribution in [0.1, 0.15) is 117 Å². The molecule has 2 fully saturated rings. The predicted octanol–water partition coefficient (Wildman–Crippen LogP) is 10.6. The normalized spacial score (nSPS) is 20.9. The second-order valence-electron chi connectivity index (χ2n) is 21.1. The minimum atomic E-state index is -2.07. The van der Waals surface area contributed by atoms with Gasteiger partial charge in [0.15, 0.2) is 43.1 Å². The van der Waals surface area contributed by atoms with Crippen LogP contribution in [-0.2, 0) is 61.6 Å². The maximum atomic E-state index is 14.8. The fraction of sp³-hybridized carbons (Fsp3) is 0.296. The molecule has 0 aliphatic carbocycles. The van der Waals surface area contributed by atoms with Gasteiger partial charge in [-0.3, -0.25) is 4.79 Å². The zero-order valence-corrected chi connectivity index (χ0v) is 49.7. The molecular weight excluding hydrogens is 1170 g/mol. The number of esters is 8. The van der Waals surface area contributed by atoms with Crippen molar-refractivity contribution in [2.45, 2.75) is 106 Å². The van der Waals surface area contributed by atoms with Crippen molar-refractivity contribution in [3.05, 3.63) is 251 Å². The molecule has 7 aromatic rings. The summed E-state index contributed by atoms with van der Waals surface area (Å²) in [4.78, 5) is 113. The third-order valence-electron chi connectivity index (χ3n) is 14.8. The average Bonchev–Trinajstić information content (AvgIpc) is 1.06. The second kappa shape index (κ2) is 33.6. The third kappa shape index (κ3) is 18.6. The van der Waals surface area contributed by atoms with E-state index in [1.54, 1.807) is 127 Å². The molecule has 2 aliphatic rings. The van der Waals surface area contributed by atoms with Gasteiger partial charge in [-0.2, -0.15) is 0 Å². The number of hydrogen-bond acceptors (Lipinski definition) is 20. The minimum absolute atomic E-state index is 0.000979. The van der Waals surface area contributed by atoms with E-state index in [0.717, 1.165) is 19.3 Å². The summed E-state index contributed by atoms with van der Waals surface area (Å²) in [5, 5.41) is 0. The Bertz CT molecular complexity index is 3470. The molecule has 0 amide bonds. The molecule has 20 nitrogen and oxygen atoms in total. The largest absolute Gasteiger partial charge is 0.469 e. The standard InChI is InChI=1S/C71H68O20/c1-80-56(72)43-27-4-2-3-5-28-44-81-70-61(89-68(78)52-39-23-11-24-40-52)60(88-67(77)51-37-21-10-22-38-51)58(55(84-70)46-83-64(74)48-31-15-7-16-32-48)91-71-62(90-69(79)53-41-25-12-26-42-53)59(87-66(76)50-35-19-9-20-36-50)57(86-65(75)49-33-17-8-18-34-49)54(85-71)45-82-63(73)47-29-13-6-14-30-47/h6-26,29-42,54-55,57-62,70-71H,2-5,27-28,43-46H2,1H3/t54-,55-,57+,58-,59+,60+,61-,62-,70+,71+/m1/s1. The third-order valence-corrected chi connectivity index (χ3v) is 14.8. The van der Waals surface area contributed by atoms with Crippen LogP contribution in [-0.4, -0.2) is 136 Å². The first kappa shape index (κ1) is 65.6. The number of methoxy groups -OCH3 is 1. The highest BCUT2D eigenvalue weighted by Crippen LogP contribution is 2.37. The van der Waals surface area contributed by atoms with Crippen molar-refractivity contribution >= 4 is 47.8 Å². The summed E-state index contributed by atoms with van der Waals surface area (Å²) in [6, 6.07) is 55.0. The maximum Gasteiger partial charge on any atom is 0.338 e. The predicted molar refractivity (Wildman–Crippen MR) is 324 cm³/mol. The monoisotopic (exact) mass is 1240 g/mol. The van der Waals surface area contributed by atoms with Gasteiger partial charge >= 0.3 is 47.8 Å². The number of rotatable bonds is 28. The summed E-state index contributed by atoms with van der Waals surface area (Å²) >= 11 is 0. The van der Waals surface area contributed by atoms with E-state index < -0.39 is 116 Å². The average molecular weight is 1240 g/mol. The van der Waals surface area contributed by atoms with Crippen LogP contribution < -0.4 is 0 Å². The van der Waals surface area contributed by atoms with Crippen molar-refractivity contribution in [3.63, 3.8) is 0 Å². The van der Waals surface area contributed by atoms with Crippen LogP contribution in [0.4, 0.5) is 0 Å². The molecule has 0 N–H and O–H groups in total. The Balaban J connectivity index is 1.17. The molecule has 0 unspecified atom stereocenters. The topological polar surface area (TPSA) is 247 Å². The summed E-state index contributed by atoms with van der Waals surface area (Å²) < 4.78 is 75.7. The van der Waals surface area contributed by atoms with Crippen LogP contribution in [0.25, 0.3) is 0 Å². The van der Waals surface area contributed by atoms with Crippen molar-refractivity contribution in [2.24, 2.45) is 0 Å². The van der Waals surface area contributed by atoms with Crippen molar-refractivity contribution in [1.82, 2.24) is 0 Å². The molecule has 10 atom stereocenters. The number of carbonyl (C=O) groups excluding carboxylic acids is 8. The van der Waals surface area contributed by atoms with Gasteiger partial charge in [0.05, 0.1) is 46.1 Å². The highest BCUT2D eigenvalue weighted by Gasteiger charge is 2.58. The molecular formula is C71H68O20. The summed E-state index contributed by atoms with van der Waals surface area (Å²) in [6.07, 6.45) is -13.6. The van der Waals surface area contributed by atoms with Crippen molar-refractivity contribution in [2.75, 3.05) is 26.9 Å². The lowest BCUT2D eigenvalue weighted by Crippen LogP contribution is -2.67. The Hall–Kier alpha value is -9.86. The zero-order chi connectivity index (χ0) is 63.7. The van der Waals surface area contributed by atoms with E-state index in [4.69, 9.17) is 56.8 Å². The van der Waals surface area contributed by atoms with Crippen LogP contribution in [0.3, 0.4) is 0 Å². The van der Waals surface area contributed by atoms with Crippen molar-refractivity contribution < 1.29 is 95.2 Å². The van der Waals surface area contributed by atoms with E-state index in [1.807, 2.05) is 0 Å². The zero-order valence-electron chi connectivity index (χ0n) is 49.7. The van der Waals surface area contributed by atoms with Gasteiger partial charge in [0, 0.05) is 13.0 Å². The lowest BCUT2D eigenvalue weighted by atomic mass is 9.95. The Kier molecular flexibility index (Phi) is 24.2. The van der Waals surface area contributed by atoms with Crippen LogP contribution >= 0.6 is 0 Å². The van der Waals surface area contributed by atoms with Gasteiger partial charge < -0.3 is 56.8 Å². The molecule has 0 saturated carbocycles. The van der Waals surface area contributed by atoms with E-state index in [0.29, 0.717) is 25.7 Å². The highest BCUT2D eigenvalue weighted by molar-refractivity contribution is 5.93. The summed E-state index contributed by atoms with van der Waals surface area (Å²) in [6.45, 7) is -1.44. The van der Waals surface area contributed by atoms with Crippen LogP contribution in [0.2, 0.25) is 0 Å². The molecule has 0 aromatic heterocycles. The quantitative estimate of drug-likeness (QED) is 0.0251. The summed E-state index contributed by atoms with van der Waals surface area (Å²) in [5.41, 5.74) is 0.442. The van der Waals surface area contributed by atoms with Crippen LogP contribution in [0.5, 0.6) is 0 Å². The molecule has 91 heavy (non-hydrogen) atoms. The van der Waals surface area contributed by atoms with Gasteiger partial charge in [0.1, 0.15) is 31.5 Å². The first-order chi connectivity index (χ1) is 44.4. The SMILES string of the molecule is COC(=O)CCCCCCCCO[C@H]1O[C@H](COC(=O)c2ccccc2)[C@@H](O[C@@H]2O[C@H](COC(=O)c3ccccc3)[C@H](OC(=O)c3ccccc3)[C@H](OC(=O)c3ccccc3)[C@H]2OC(=O)c2ccccc2)[C@H](OC(=O)c2ccccc2)[C@H]1OC(=O)c1ccccc1. The van der Waals surface area contributed by atoms with E-state index in [-0.39, 0.29) is 51.5 Å². The fourth-order valence-electron chi connectivity index (χ4n) is 10.1. The second-order valence-corrected chi connectivity index (χ2v) is 21.1. The molecule has 20 heteroatoms. The number of ether oxygens (including phenoxy) is 12. The number of hydrogen-bond donors (Lipinski definition) is 0. The first-order valence-corrected chi connectivity index (χ1v) is 29.8. The number of unbranched alkanes of at least 4 members (excludes halogenated alkanes) is 5. The first-order valence-electron chi connectivity index (χ1n) is 29.8. The van der Waals surface area contributed by atoms with Crippen molar-refractivity contribution in [1.29, 1.82) is 0 Å². The molecule has 2 saturated heterocycles. The molecule has 0 bridgehead atoms. The van der Waals surface area contributed by atoms with Gasteiger partial charge in [0.2, 0.25) is 0 Å². The summed E-state index contributed by atoms with van der Waals surface area (Å²) in [5.74, 6) is -6.80. The van der Waals surface area contributed by atoms with Gasteiger partial charge in [0.25, 0.3) is 0 Å². The molecule has 0 spiro atoms. The smallest absolute Gasteiger partial charge is 0.338 e. The van der Waals surface area contributed by atoms with Crippen LogP contribution in [0.15, 0.2) is 212 Å². The number of benzene rings is 7. The fourth-order valence-corrected chi connectivity index (χ4v) is 10.1. The lowest BCUT2D eigenvalue weighted by molar-refractivity contribution is -0.356. The molecule has 2 heterocycles. The molecule has 0 radical (unpaired) electrons. The Morgan fingerprint density at radius 1 is 0.319 bits per heavy atom.